The molecule has 4 unspecified atom stereocenters. The van der Waals surface area contributed by atoms with Crippen LogP contribution in [0.15, 0.2) is 0 Å². The van der Waals surface area contributed by atoms with Gasteiger partial charge in [0.2, 0.25) is 0 Å². The van der Waals surface area contributed by atoms with Gasteiger partial charge >= 0.3 is 6.09 Å². The van der Waals surface area contributed by atoms with Crippen LogP contribution in [0.5, 0.6) is 0 Å². The minimum atomic E-state index is -0.382. The van der Waals surface area contributed by atoms with Gasteiger partial charge in [0.1, 0.15) is 5.60 Å². The van der Waals surface area contributed by atoms with Gasteiger partial charge in [-0.2, -0.15) is 0 Å². The number of hydrogen-bond acceptors (Lipinski definition) is 3. The lowest BCUT2D eigenvalue weighted by Crippen LogP contribution is -2.42. The quantitative estimate of drug-likeness (QED) is 0.735. The predicted octanol–water partition coefficient (Wildman–Crippen LogP) is 2.03. The zero-order valence-electron chi connectivity index (χ0n) is 11.3. The first kappa shape index (κ1) is 13.9. The molecule has 104 valence electrons. The number of halogens is 1. The molecular formula is C13H23ClN2O2. The van der Waals surface area contributed by atoms with Crippen molar-refractivity contribution in [1.29, 1.82) is 0 Å². The Morgan fingerprint density at radius 2 is 1.67 bits per heavy atom. The number of hydrogen-bond donors (Lipinski definition) is 1. The molecule has 18 heavy (non-hydrogen) atoms. The molecule has 0 aromatic rings. The predicted molar refractivity (Wildman–Crippen MR) is 72.0 cm³/mol. The number of fused-ring (bicyclic) bond motifs is 5. The molecule has 0 spiro atoms. The summed E-state index contributed by atoms with van der Waals surface area (Å²) in [6.07, 6.45) is 2.22. The van der Waals surface area contributed by atoms with Gasteiger partial charge in [-0.3, -0.25) is 0 Å². The molecule has 3 saturated heterocycles. The van der Waals surface area contributed by atoms with Crippen LogP contribution in [0.25, 0.3) is 0 Å². The molecule has 3 aliphatic heterocycles. The van der Waals surface area contributed by atoms with Crippen molar-refractivity contribution in [3.63, 3.8) is 0 Å². The zero-order valence-corrected chi connectivity index (χ0v) is 12.1. The van der Waals surface area contributed by atoms with Gasteiger partial charge in [-0.1, -0.05) is 0 Å². The average Bonchev–Trinajstić information content (AvgIpc) is 2.86. The van der Waals surface area contributed by atoms with Crippen molar-refractivity contribution >= 4 is 18.5 Å². The Morgan fingerprint density at radius 1 is 1.17 bits per heavy atom. The van der Waals surface area contributed by atoms with E-state index in [1.54, 1.807) is 0 Å². The molecule has 4 nitrogen and oxygen atoms in total. The molecule has 1 amide bonds. The molecule has 0 aromatic heterocycles. The molecule has 0 radical (unpaired) electrons. The SMILES string of the molecule is CC(C)(C)OC(=O)N1C2CCC1C1CNCC12.Cl. The lowest BCUT2D eigenvalue weighted by molar-refractivity contribution is 0.0195. The van der Waals surface area contributed by atoms with E-state index < -0.39 is 0 Å². The fraction of sp³-hybridized carbons (Fsp3) is 0.923. The molecule has 0 aliphatic carbocycles. The van der Waals surface area contributed by atoms with E-state index >= 15 is 0 Å². The number of carbonyl (C=O) groups excluding carboxylic acids is 1. The Balaban J connectivity index is 0.00000120. The number of carbonyl (C=O) groups is 1. The first-order chi connectivity index (χ1) is 7.97. The van der Waals surface area contributed by atoms with Crippen LogP contribution in [0, 0.1) is 11.8 Å². The third-order valence-corrected chi connectivity index (χ3v) is 4.38. The van der Waals surface area contributed by atoms with Gasteiger partial charge in [0, 0.05) is 25.2 Å². The summed E-state index contributed by atoms with van der Waals surface area (Å²) in [6.45, 7) is 7.96. The molecule has 3 heterocycles. The van der Waals surface area contributed by atoms with Crippen LogP contribution < -0.4 is 5.32 Å². The zero-order chi connectivity index (χ0) is 12.2. The minimum Gasteiger partial charge on any atom is -0.444 e. The number of rotatable bonds is 0. The minimum absolute atomic E-state index is 0. The lowest BCUT2D eigenvalue weighted by atomic mass is 9.82. The molecule has 4 atom stereocenters. The highest BCUT2D eigenvalue weighted by atomic mass is 35.5. The standard InChI is InChI=1S/C13H22N2O2.ClH/c1-13(2,3)17-12(16)15-10-4-5-11(15)9-7-14-6-8(9)10;/h8-11,14H,4-7H2,1-3H3;1H. The summed E-state index contributed by atoms with van der Waals surface area (Å²) in [6, 6.07) is 0.852. The molecule has 3 rings (SSSR count). The van der Waals surface area contributed by atoms with Gasteiger partial charge in [0.25, 0.3) is 0 Å². The van der Waals surface area contributed by atoms with Gasteiger partial charge in [-0.15, -0.1) is 12.4 Å². The van der Waals surface area contributed by atoms with Crippen LogP contribution in [0.4, 0.5) is 4.79 Å². The summed E-state index contributed by atoms with van der Waals surface area (Å²) in [4.78, 5) is 14.3. The van der Waals surface area contributed by atoms with Crippen molar-refractivity contribution < 1.29 is 9.53 Å². The maximum absolute atomic E-state index is 12.2. The van der Waals surface area contributed by atoms with Crippen molar-refractivity contribution in [3.05, 3.63) is 0 Å². The molecule has 0 saturated carbocycles. The van der Waals surface area contributed by atoms with E-state index in [0.29, 0.717) is 23.9 Å². The monoisotopic (exact) mass is 274 g/mol. The van der Waals surface area contributed by atoms with Gasteiger partial charge in [-0.05, 0) is 45.4 Å². The van der Waals surface area contributed by atoms with Crippen molar-refractivity contribution in [3.8, 4) is 0 Å². The van der Waals surface area contributed by atoms with Crippen LogP contribution >= 0.6 is 12.4 Å². The van der Waals surface area contributed by atoms with Crippen LogP contribution in [-0.4, -0.2) is 41.8 Å². The summed E-state index contributed by atoms with van der Waals surface area (Å²) in [5.74, 6) is 1.34. The largest absolute Gasteiger partial charge is 0.444 e. The molecule has 3 fully saturated rings. The summed E-state index contributed by atoms with van der Waals surface area (Å²) in [5.41, 5.74) is -0.382. The van der Waals surface area contributed by atoms with Gasteiger partial charge < -0.3 is 15.0 Å². The second-order valence-corrected chi connectivity index (χ2v) is 6.59. The van der Waals surface area contributed by atoms with E-state index in [-0.39, 0.29) is 24.1 Å². The molecule has 3 aliphatic rings. The second-order valence-electron chi connectivity index (χ2n) is 6.59. The Hall–Kier alpha value is -0.480. The highest BCUT2D eigenvalue weighted by Gasteiger charge is 2.57. The van der Waals surface area contributed by atoms with Gasteiger partial charge in [-0.25, -0.2) is 4.79 Å². The number of nitrogens with zero attached hydrogens (tertiary/aromatic N) is 1. The third-order valence-electron chi connectivity index (χ3n) is 4.38. The van der Waals surface area contributed by atoms with E-state index in [1.165, 1.54) is 0 Å². The molecule has 0 aromatic carbocycles. The second kappa shape index (κ2) is 4.57. The van der Waals surface area contributed by atoms with Crippen LogP contribution in [0.3, 0.4) is 0 Å². The molecule has 1 N–H and O–H groups in total. The maximum atomic E-state index is 12.2. The summed E-state index contributed by atoms with van der Waals surface area (Å²) >= 11 is 0. The molecular weight excluding hydrogens is 252 g/mol. The van der Waals surface area contributed by atoms with E-state index in [0.717, 1.165) is 25.9 Å². The summed E-state index contributed by atoms with van der Waals surface area (Å²) in [7, 11) is 0. The fourth-order valence-electron chi connectivity index (χ4n) is 3.85. The number of amides is 1. The average molecular weight is 275 g/mol. The van der Waals surface area contributed by atoms with Crippen molar-refractivity contribution in [2.45, 2.75) is 51.3 Å². The van der Waals surface area contributed by atoms with Crippen LogP contribution in [0.2, 0.25) is 0 Å². The summed E-state index contributed by atoms with van der Waals surface area (Å²) in [5, 5.41) is 3.45. The Bertz CT molecular complexity index is 324. The van der Waals surface area contributed by atoms with E-state index in [2.05, 4.69) is 5.32 Å². The Labute approximate surface area is 115 Å². The van der Waals surface area contributed by atoms with Gasteiger partial charge in [0.05, 0.1) is 0 Å². The third kappa shape index (κ3) is 2.10. The Morgan fingerprint density at radius 3 is 2.11 bits per heavy atom. The smallest absolute Gasteiger partial charge is 0.410 e. The highest BCUT2D eigenvalue weighted by molar-refractivity contribution is 5.85. The van der Waals surface area contributed by atoms with Crippen LogP contribution in [0.1, 0.15) is 33.6 Å². The van der Waals surface area contributed by atoms with E-state index in [4.69, 9.17) is 4.74 Å². The lowest BCUT2D eigenvalue weighted by Gasteiger charge is -2.28. The molecule has 5 heteroatoms. The highest BCUT2D eigenvalue weighted by Crippen LogP contribution is 2.47. The first-order valence-corrected chi connectivity index (χ1v) is 6.69. The topological polar surface area (TPSA) is 41.6 Å². The van der Waals surface area contributed by atoms with Crippen molar-refractivity contribution in [2.75, 3.05) is 13.1 Å². The normalized spacial score (nSPS) is 37.4. The van der Waals surface area contributed by atoms with Gasteiger partial charge in [0.15, 0.2) is 0 Å². The van der Waals surface area contributed by atoms with Crippen LogP contribution in [-0.2, 0) is 4.74 Å². The summed E-state index contributed by atoms with van der Waals surface area (Å²) < 4.78 is 5.53. The molecule has 2 bridgehead atoms. The van der Waals surface area contributed by atoms with Crippen molar-refractivity contribution in [1.82, 2.24) is 10.2 Å². The van der Waals surface area contributed by atoms with Crippen molar-refractivity contribution in [2.24, 2.45) is 11.8 Å². The fourth-order valence-corrected chi connectivity index (χ4v) is 3.85. The number of nitrogens with one attached hydrogen (secondary N) is 1. The van der Waals surface area contributed by atoms with E-state index in [9.17, 15) is 4.79 Å². The van der Waals surface area contributed by atoms with E-state index in [1.807, 2.05) is 25.7 Å². The first-order valence-electron chi connectivity index (χ1n) is 6.69. The Kier molecular flexibility index (Phi) is 3.54. The maximum Gasteiger partial charge on any atom is 0.410 e. The number of ether oxygens (including phenoxy) is 1.